The molecule has 2 nitrogen and oxygen atoms in total. The first-order valence-electron chi connectivity index (χ1n) is 6.25. The van der Waals surface area contributed by atoms with Gasteiger partial charge in [-0.25, -0.2) is 0 Å². The van der Waals surface area contributed by atoms with Crippen LogP contribution in [0.25, 0.3) is 0 Å². The molecule has 0 saturated carbocycles. The van der Waals surface area contributed by atoms with Crippen molar-refractivity contribution in [2.45, 2.75) is 13.0 Å². The van der Waals surface area contributed by atoms with E-state index in [4.69, 9.17) is 10.5 Å². The summed E-state index contributed by atoms with van der Waals surface area (Å²) in [5, 5.41) is 0. The van der Waals surface area contributed by atoms with Gasteiger partial charge in [-0.05, 0) is 23.6 Å². The van der Waals surface area contributed by atoms with Gasteiger partial charge in [-0.2, -0.15) is 0 Å². The predicted octanol–water partition coefficient (Wildman–Crippen LogP) is 3.48. The van der Waals surface area contributed by atoms with Crippen molar-refractivity contribution in [3.8, 4) is 0 Å². The number of halogens is 1. The number of benzene rings is 2. The van der Waals surface area contributed by atoms with Gasteiger partial charge >= 0.3 is 0 Å². The molecule has 0 saturated heterocycles. The fourth-order valence-corrected chi connectivity index (χ4v) is 2.06. The van der Waals surface area contributed by atoms with Crippen LogP contribution in [0.3, 0.4) is 0 Å². The second-order valence-corrected chi connectivity index (χ2v) is 4.31. The Bertz CT molecular complexity index is 487. The fourth-order valence-electron chi connectivity index (χ4n) is 2.06. The third-order valence-corrected chi connectivity index (χ3v) is 2.98. The molecule has 1 unspecified atom stereocenters. The lowest BCUT2D eigenvalue weighted by Gasteiger charge is -2.20. The Hall–Kier alpha value is -1.35. The van der Waals surface area contributed by atoms with E-state index < -0.39 is 0 Å². The number of nitrogens with two attached hydrogens (primary N) is 1. The van der Waals surface area contributed by atoms with Gasteiger partial charge in [-0.1, -0.05) is 54.6 Å². The molecule has 0 bridgehead atoms. The molecule has 0 radical (unpaired) electrons. The van der Waals surface area contributed by atoms with Gasteiger partial charge in [0.1, 0.15) is 6.10 Å². The van der Waals surface area contributed by atoms with E-state index in [2.05, 4.69) is 31.2 Å². The largest absolute Gasteiger partial charge is 0.367 e. The molecular formula is C16H20ClNO. The number of rotatable bonds is 5. The van der Waals surface area contributed by atoms with Crippen molar-refractivity contribution in [1.29, 1.82) is 0 Å². The van der Waals surface area contributed by atoms with Crippen LogP contribution in [-0.2, 0) is 4.74 Å². The van der Waals surface area contributed by atoms with E-state index in [0.717, 1.165) is 0 Å². The van der Waals surface area contributed by atoms with Crippen LogP contribution in [-0.4, -0.2) is 13.2 Å². The van der Waals surface area contributed by atoms with Gasteiger partial charge in [0.2, 0.25) is 0 Å². The van der Waals surface area contributed by atoms with Crippen molar-refractivity contribution < 1.29 is 4.74 Å². The summed E-state index contributed by atoms with van der Waals surface area (Å²) in [7, 11) is 0. The molecule has 102 valence electrons. The Balaban J connectivity index is 0.00000180. The molecule has 0 aliphatic heterocycles. The van der Waals surface area contributed by atoms with Gasteiger partial charge in [0.15, 0.2) is 0 Å². The Kier molecular flexibility index (Phi) is 6.57. The Morgan fingerprint density at radius 3 is 2.26 bits per heavy atom. The lowest BCUT2D eigenvalue weighted by Crippen LogP contribution is -2.14. The van der Waals surface area contributed by atoms with Crippen molar-refractivity contribution in [1.82, 2.24) is 0 Å². The summed E-state index contributed by atoms with van der Waals surface area (Å²) in [4.78, 5) is 0. The van der Waals surface area contributed by atoms with Gasteiger partial charge in [0, 0.05) is 6.54 Å². The minimum atomic E-state index is -0.0315. The quantitative estimate of drug-likeness (QED) is 0.908. The molecule has 0 spiro atoms. The average Bonchev–Trinajstić information content (AvgIpc) is 2.42. The van der Waals surface area contributed by atoms with E-state index in [1.165, 1.54) is 16.7 Å². The van der Waals surface area contributed by atoms with Gasteiger partial charge in [0.25, 0.3) is 0 Å². The average molecular weight is 278 g/mol. The lowest BCUT2D eigenvalue weighted by molar-refractivity contribution is 0.0860. The highest BCUT2D eigenvalue weighted by Gasteiger charge is 2.15. The number of hydrogen-bond donors (Lipinski definition) is 1. The van der Waals surface area contributed by atoms with Crippen molar-refractivity contribution in [2.24, 2.45) is 5.73 Å². The molecule has 0 amide bonds. The maximum Gasteiger partial charge on any atom is 0.108 e. The zero-order valence-corrected chi connectivity index (χ0v) is 11.9. The summed E-state index contributed by atoms with van der Waals surface area (Å²) in [5.74, 6) is 0. The summed E-state index contributed by atoms with van der Waals surface area (Å²) in [6, 6.07) is 18.6. The Labute approximate surface area is 121 Å². The molecule has 2 N–H and O–H groups in total. The summed E-state index contributed by atoms with van der Waals surface area (Å²) in [5.41, 5.74) is 9.16. The third-order valence-electron chi connectivity index (χ3n) is 2.98. The predicted molar refractivity (Wildman–Crippen MR) is 81.7 cm³/mol. The molecule has 0 heterocycles. The summed E-state index contributed by atoms with van der Waals surface area (Å²) >= 11 is 0. The highest BCUT2D eigenvalue weighted by atomic mass is 35.5. The zero-order chi connectivity index (χ0) is 12.8. The van der Waals surface area contributed by atoms with Gasteiger partial charge in [0.05, 0.1) is 6.61 Å². The molecule has 3 heteroatoms. The van der Waals surface area contributed by atoms with Crippen molar-refractivity contribution in [3.05, 3.63) is 71.3 Å². The molecule has 19 heavy (non-hydrogen) atoms. The number of aryl methyl sites for hydroxylation is 1. The normalized spacial score (nSPS) is 11.7. The first-order valence-corrected chi connectivity index (χ1v) is 6.25. The standard InChI is InChI=1S/C16H19NO.ClH/c1-13-7-5-6-10-15(13)16(18-12-11-17)14-8-3-2-4-9-14;/h2-10,16H,11-12,17H2,1H3;1H. The second-order valence-electron chi connectivity index (χ2n) is 4.31. The molecule has 0 fully saturated rings. The fraction of sp³-hybridized carbons (Fsp3) is 0.250. The van der Waals surface area contributed by atoms with Crippen LogP contribution in [0.15, 0.2) is 54.6 Å². The molecule has 2 aromatic carbocycles. The Morgan fingerprint density at radius 2 is 1.63 bits per heavy atom. The van der Waals surface area contributed by atoms with Crippen LogP contribution in [0, 0.1) is 6.92 Å². The molecule has 0 aliphatic carbocycles. The Morgan fingerprint density at radius 1 is 1.00 bits per heavy atom. The number of hydrogen-bond acceptors (Lipinski definition) is 2. The third kappa shape index (κ3) is 4.06. The molecule has 0 aromatic heterocycles. The summed E-state index contributed by atoms with van der Waals surface area (Å²) in [6.07, 6.45) is -0.0315. The highest BCUT2D eigenvalue weighted by Crippen LogP contribution is 2.27. The topological polar surface area (TPSA) is 35.2 Å². The van der Waals surface area contributed by atoms with Crippen molar-refractivity contribution >= 4 is 12.4 Å². The number of ether oxygens (including phenoxy) is 1. The molecule has 2 rings (SSSR count). The lowest BCUT2D eigenvalue weighted by atomic mass is 9.97. The molecule has 2 aromatic rings. The van der Waals surface area contributed by atoms with Crippen LogP contribution in [0.5, 0.6) is 0 Å². The maximum atomic E-state index is 5.92. The van der Waals surface area contributed by atoms with Crippen LogP contribution in [0.1, 0.15) is 22.8 Å². The van der Waals surface area contributed by atoms with E-state index in [-0.39, 0.29) is 18.5 Å². The van der Waals surface area contributed by atoms with Crippen molar-refractivity contribution in [3.63, 3.8) is 0 Å². The molecular weight excluding hydrogens is 258 g/mol. The minimum absolute atomic E-state index is 0. The summed E-state index contributed by atoms with van der Waals surface area (Å²) < 4.78 is 5.92. The molecule has 0 aliphatic rings. The zero-order valence-electron chi connectivity index (χ0n) is 11.1. The first kappa shape index (κ1) is 15.7. The van der Waals surface area contributed by atoms with Crippen LogP contribution >= 0.6 is 12.4 Å². The smallest absolute Gasteiger partial charge is 0.108 e. The van der Waals surface area contributed by atoms with E-state index in [9.17, 15) is 0 Å². The monoisotopic (exact) mass is 277 g/mol. The maximum absolute atomic E-state index is 5.92. The van der Waals surface area contributed by atoms with Crippen LogP contribution in [0.2, 0.25) is 0 Å². The van der Waals surface area contributed by atoms with Crippen molar-refractivity contribution in [2.75, 3.05) is 13.2 Å². The second kappa shape index (κ2) is 7.95. The van der Waals surface area contributed by atoms with E-state index >= 15 is 0 Å². The first-order chi connectivity index (χ1) is 8.83. The van der Waals surface area contributed by atoms with Gasteiger partial charge < -0.3 is 10.5 Å². The highest BCUT2D eigenvalue weighted by molar-refractivity contribution is 5.85. The summed E-state index contributed by atoms with van der Waals surface area (Å²) in [6.45, 7) is 3.21. The SMILES string of the molecule is Cc1ccccc1C(OCCN)c1ccccc1.Cl. The van der Waals surface area contributed by atoms with Crippen LogP contribution < -0.4 is 5.73 Å². The van der Waals surface area contributed by atoms with Crippen LogP contribution in [0.4, 0.5) is 0 Å². The van der Waals surface area contributed by atoms with E-state index in [1.807, 2.05) is 30.3 Å². The van der Waals surface area contributed by atoms with Gasteiger partial charge in [-0.15, -0.1) is 12.4 Å². The van der Waals surface area contributed by atoms with E-state index in [1.54, 1.807) is 0 Å². The minimum Gasteiger partial charge on any atom is -0.367 e. The van der Waals surface area contributed by atoms with Gasteiger partial charge in [-0.3, -0.25) is 0 Å². The molecule has 1 atom stereocenters. The van der Waals surface area contributed by atoms with E-state index in [0.29, 0.717) is 13.2 Å².